The van der Waals surface area contributed by atoms with Gasteiger partial charge in [-0.3, -0.25) is 0 Å². The van der Waals surface area contributed by atoms with E-state index in [1.54, 1.807) is 18.5 Å². The molecule has 9 nitrogen and oxygen atoms in total. The van der Waals surface area contributed by atoms with Gasteiger partial charge < -0.3 is 19.5 Å². The highest BCUT2D eigenvalue weighted by molar-refractivity contribution is 7.89. The number of methoxy groups -OCH3 is 2. The smallest absolute Gasteiger partial charge is 0.214 e. The van der Waals surface area contributed by atoms with Crippen molar-refractivity contribution in [2.75, 3.05) is 51.1 Å². The molecule has 31 heavy (non-hydrogen) atoms. The maximum absolute atomic E-state index is 12.1. The fraction of sp³-hybridized carbons (Fsp3) is 0.619. The number of piperidine rings is 1. The first-order valence-electron chi connectivity index (χ1n) is 10.6. The van der Waals surface area contributed by atoms with Crippen LogP contribution in [0.4, 0.5) is 5.82 Å². The zero-order valence-electron chi connectivity index (χ0n) is 18.2. The first-order valence-corrected chi connectivity index (χ1v) is 12.2. The molecule has 1 N–H and O–H groups in total. The fourth-order valence-corrected chi connectivity index (χ4v) is 6.40. The summed E-state index contributed by atoms with van der Waals surface area (Å²) in [4.78, 5) is 10.9. The van der Waals surface area contributed by atoms with Crippen molar-refractivity contribution >= 4 is 26.7 Å². The van der Waals surface area contributed by atoms with Gasteiger partial charge in [0, 0.05) is 37.6 Å². The Bertz CT molecular complexity index is 1050. The van der Waals surface area contributed by atoms with Gasteiger partial charge in [-0.1, -0.05) is 6.92 Å². The minimum absolute atomic E-state index is 0.0368. The van der Waals surface area contributed by atoms with Crippen LogP contribution in [0, 0.1) is 11.8 Å². The van der Waals surface area contributed by atoms with Gasteiger partial charge in [-0.05, 0) is 30.7 Å². The van der Waals surface area contributed by atoms with Gasteiger partial charge in [-0.2, -0.15) is 0 Å². The Morgan fingerprint density at radius 3 is 2.58 bits per heavy atom. The van der Waals surface area contributed by atoms with E-state index in [4.69, 9.17) is 9.47 Å². The number of anilines is 1. The van der Waals surface area contributed by atoms with Gasteiger partial charge in [0.25, 0.3) is 0 Å². The number of aliphatic hydroxyl groups excluding tert-OH is 1. The predicted octanol–water partition coefficient (Wildman–Crippen LogP) is 1.51. The van der Waals surface area contributed by atoms with E-state index in [0.29, 0.717) is 37.6 Å². The molecule has 0 saturated carbocycles. The molecule has 3 unspecified atom stereocenters. The lowest BCUT2D eigenvalue weighted by Crippen LogP contribution is -2.48. The van der Waals surface area contributed by atoms with Gasteiger partial charge in [0.15, 0.2) is 11.5 Å². The second-order valence-electron chi connectivity index (χ2n) is 8.39. The van der Waals surface area contributed by atoms with Crippen molar-refractivity contribution in [1.29, 1.82) is 0 Å². The van der Waals surface area contributed by atoms with E-state index in [1.807, 2.05) is 19.1 Å². The Hall–Kier alpha value is -2.17. The molecule has 3 atom stereocenters. The molecule has 0 amide bonds. The van der Waals surface area contributed by atoms with Crippen molar-refractivity contribution in [3.05, 3.63) is 18.5 Å². The normalized spacial score (nSPS) is 25.0. The Kier molecular flexibility index (Phi) is 6.23. The number of fused-ring (bicyclic) bond motifs is 1. The third-order valence-corrected chi connectivity index (χ3v) is 8.40. The number of hydrogen-bond acceptors (Lipinski definition) is 8. The van der Waals surface area contributed by atoms with Gasteiger partial charge in [0.05, 0.1) is 31.6 Å². The van der Waals surface area contributed by atoms with E-state index < -0.39 is 16.1 Å². The molecule has 0 radical (unpaired) electrons. The van der Waals surface area contributed by atoms with Crippen molar-refractivity contribution in [3.8, 4) is 11.5 Å². The SMILES string of the molecule is COc1cc2ncnc(N3CCC(C(C)CN4CCCS4(=O)=O)C(O)C3)c2cc1OC. The number of benzene rings is 1. The number of aromatic nitrogens is 2. The minimum Gasteiger partial charge on any atom is -0.493 e. The molecule has 0 spiro atoms. The first kappa shape index (κ1) is 22.0. The zero-order valence-corrected chi connectivity index (χ0v) is 19.0. The molecule has 0 aliphatic carbocycles. The Balaban J connectivity index is 1.51. The molecule has 3 heterocycles. The molecule has 1 aromatic heterocycles. The minimum atomic E-state index is -3.13. The molecule has 2 aromatic rings. The third-order valence-electron chi connectivity index (χ3n) is 6.48. The summed E-state index contributed by atoms with van der Waals surface area (Å²) in [5, 5.41) is 11.8. The van der Waals surface area contributed by atoms with Crippen LogP contribution >= 0.6 is 0 Å². The maximum Gasteiger partial charge on any atom is 0.214 e. The number of rotatable bonds is 6. The fourth-order valence-electron chi connectivity index (χ4n) is 4.78. The zero-order chi connectivity index (χ0) is 22.2. The van der Waals surface area contributed by atoms with E-state index in [2.05, 4.69) is 14.9 Å². The highest BCUT2D eigenvalue weighted by Gasteiger charge is 2.36. The van der Waals surface area contributed by atoms with Crippen LogP contribution in [0.5, 0.6) is 11.5 Å². The average Bonchev–Trinajstić information content (AvgIpc) is 3.09. The molecule has 0 bridgehead atoms. The van der Waals surface area contributed by atoms with E-state index in [9.17, 15) is 13.5 Å². The van der Waals surface area contributed by atoms with Gasteiger partial charge in [-0.15, -0.1) is 0 Å². The second-order valence-corrected chi connectivity index (χ2v) is 10.5. The summed E-state index contributed by atoms with van der Waals surface area (Å²) in [6.07, 6.45) is 2.39. The van der Waals surface area contributed by atoms with Crippen molar-refractivity contribution in [2.45, 2.75) is 25.9 Å². The van der Waals surface area contributed by atoms with Crippen LogP contribution in [0.1, 0.15) is 19.8 Å². The highest BCUT2D eigenvalue weighted by Crippen LogP contribution is 2.36. The maximum atomic E-state index is 12.1. The van der Waals surface area contributed by atoms with Crippen molar-refractivity contribution in [1.82, 2.24) is 14.3 Å². The van der Waals surface area contributed by atoms with E-state index >= 15 is 0 Å². The lowest BCUT2D eigenvalue weighted by Gasteiger charge is -2.40. The predicted molar refractivity (Wildman–Crippen MR) is 118 cm³/mol. The Morgan fingerprint density at radius 1 is 1.19 bits per heavy atom. The number of nitrogens with zero attached hydrogens (tertiary/aromatic N) is 4. The van der Waals surface area contributed by atoms with E-state index in [-0.39, 0.29) is 17.6 Å². The van der Waals surface area contributed by atoms with Gasteiger partial charge in [0.1, 0.15) is 12.1 Å². The summed E-state index contributed by atoms with van der Waals surface area (Å²) in [6, 6.07) is 3.68. The first-order chi connectivity index (χ1) is 14.8. The number of hydrogen-bond donors (Lipinski definition) is 1. The molecule has 10 heteroatoms. The topological polar surface area (TPSA) is 105 Å². The van der Waals surface area contributed by atoms with Crippen molar-refractivity contribution in [3.63, 3.8) is 0 Å². The average molecular weight is 451 g/mol. The molecular formula is C21H30N4O5S. The second kappa shape index (κ2) is 8.76. The molecular weight excluding hydrogens is 420 g/mol. The van der Waals surface area contributed by atoms with Gasteiger partial charge >= 0.3 is 0 Å². The lowest BCUT2D eigenvalue weighted by molar-refractivity contribution is 0.0571. The van der Waals surface area contributed by atoms with Crippen molar-refractivity contribution < 1.29 is 23.0 Å². The molecule has 2 aliphatic rings. The lowest BCUT2D eigenvalue weighted by atomic mass is 9.83. The molecule has 1 aromatic carbocycles. The van der Waals surface area contributed by atoms with Crippen LogP contribution < -0.4 is 14.4 Å². The van der Waals surface area contributed by atoms with Crippen LogP contribution in [-0.2, 0) is 10.0 Å². The summed E-state index contributed by atoms with van der Waals surface area (Å²) in [5.41, 5.74) is 0.742. The third kappa shape index (κ3) is 4.28. The van der Waals surface area contributed by atoms with Crippen LogP contribution in [-0.4, -0.2) is 80.1 Å². The molecule has 2 saturated heterocycles. The number of aliphatic hydroxyl groups is 1. The Labute approximate surface area is 183 Å². The van der Waals surface area contributed by atoms with Gasteiger partial charge in [0.2, 0.25) is 10.0 Å². The summed E-state index contributed by atoms with van der Waals surface area (Å²) in [7, 11) is 0.0459. The highest BCUT2D eigenvalue weighted by atomic mass is 32.2. The van der Waals surface area contributed by atoms with E-state index in [1.165, 1.54) is 6.33 Å². The standard InChI is InChI=1S/C21H30N4O5S/c1-14(11-25-6-4-8-31(25,27)28)15-5-7-24(12-18(15)26)21-16-9-19(29-2)20(30-3)10-17(16)22-13-23-21/h9-10,13-15,18,26H,4-8,11-12H2,1-3H3. The number of sulfonamides is 1. The van der Waals surface area contributed by atoms with Crippen molar-refractivity contribution in [2.24, 2.45) is 11.8 Å². The quantitative estimate of drug-likeness (QED) is 0.706. The summed E-state index contributed by atoms with van der Waals surface area (Å²) < 4.78 is 36.7. The molecule has 4 rings (SSSR count). The van der Waals surface area contributed by atoms with Crippen LogP contribution in [0.15, 0.2) is 18.5 Å². The van der Waals surface area contributed by atoms with E-state index in [0.717, 1.165) is 29.7 Å². The largest absolute Gasteiger partial charge is 0.493 e. The number of β-amino-alcohol motifs (C(OH)–C–C–N with tert-alkyl or cyclic N) is 1. The number of ether oxygens (including phenoxy) is 2. The molecule has 2 fully saturated rings. The monoisotopic (exact) mass is 450 g/mol. The molecule has 170 valence electrons. The molecule has 2 aliphatic heterocycles. The van der Waals surface area contributed by atoms with Crippen LogP contribution in [0.25, 0.3) is 10.9 Å². The van der Waals surface area contributed by atoms with Gasteiger partial charge in [-0.25, -0.2) is 22.7 Å². The van der Waals surface area contributed by atoms with Crippen LogP contribution in [0.3, 0.4) is 0 Å². The summed E-state index contributed by atoms with van der Waals surface area (Å²) >= 11 is 0. The summed E-state index contributed by atoms with van der Waals surface area (Å²) in [6.45, 7) is 4.24. The van der Waals surface area contributed by atoms with Crippen LogP contribution in [0.2, 0.25) is 0 Å². The summed E-state index contributed by atoms with van der Waals surface area (Å²) in [5.74, 6) is 2.30. The Morgan fingerprint density at radius 2 is 1.94 bits per heavy atom.